The first-order chi connectivity index (χ1) is 10.2. The van der Waals surface area contributed by atoms with Crippen LogP contribution in [0.4, 0.5) is 0 Å². The largest absolute Gasteiger partial charge is 0.309 e. The maximum atomic E-state index is 3.74. The molecule has 0 spiro atoms. The molecule has 0 bridgehead atoms. The van der Waals surface area contributed by atoms with E-state index in [0.29, 0.717) is 11.3 Å². The van der Waals surface area contributed by atoms with Gasteiger partial charge in [-0.15, -0.1) is 0 Å². The van der Waals surface area contributed by atoms with Crippen LogP contribution >= 0.6 is 23.5 Å². The van der Waals surface area contributed by atoms with Crippen LogP contribution in [0.3, 0.4) is 0 Å². The first-order valence-electron chi connectivity index (χ1n) is 8.25. The SMILES string of the molecule is CCCc1cccc(C(NCC)C2CSC(C)C(C)S2)c1. The van der Waals surface area contributed by atoms with Crippen LogP contribution < -0.4 is 5.32 Å². The molecule has 0 aliphatic carbocycles. The fourth-order valence-electron chi connectivity index (χ4n) is 2.90. The zero-order valence-electron chi connectivity index (χ0n) is 13.8. The normalized spacial score (nSPS) is 27.5. The zero-order chi connectivity index (χ0) is 15.2. The molecule has 4 atom stereocenters. The average molecular weight is 324 g/mol. The highest BCUT2D eigenvalue weighted by Crippen LogP contribution is 2.41. The van der Waals surface area contributed by atoms with Gasteiger partial charge in [0, 0.05) is 27.5 Å². The number of aryl methyl sites for hydroxylation is 1. The van der Waals surface area contributed by atoms with Crippen molar-refractivity contribution in [2.24, 2.45) is 0 Å². The van der Waals surface area contributed by atoms with E-state index in [1.807, 2.05) is 0 Å². The monoisotopic (exact) mass is 323 g/mol. The third-order valence-corrected chi connectivity index (χ3v) is 7.71. The molecular weight excluding hydrogens is 294 g/mol. The molecule has 1 saturated heterocycles. The molecule has 1 aliphatic heterocycles. The van der Waals surface area contributed by atoms with Crippen molar-refractivity contribution in [2.75, 3.05) is 12.3 Å². The molecule has 0 aromatic heterocycles. The summed E-state index contributed by atoms with van der Waals surface area (Å²) in [6.45, 7) is 10.3. The minimum absolute atomic E-state index is 0.485. The topological polar surface area (TPSA) is 12.0 Å². The van der Waals surface area contributed by atoms with E-state index < -0.39 is 0 Å². The summed E-state index contributed by atoms with van der Waals surface area (Å²) in [6, 6.07) is 9.71. The van der Waals surface area contributed by atoms with Gasteiger partial charge in [-0.05, 0) is 24.1 Å². The molecule has 1 aromatic rings. The third kappa shape index (κ3) is 4.67. The predicted octanol–water partition coefficient (Wildman–Crippen LogP) is 4.92. The summed E-state index contributed by atoms with van der Waals surface area (Å²) >= 11 is 4.31. The fourth-order valence-corrected chi connectivity index (χ4v) is 6.02. The van der Waals surface area contributed by atoms with Gasteiger partial charge in [0.15, 0.2) is 0 Å². The molecule has 3 heteroatoms. The van der Waals surface area contributed by atoms with E-state index in [4.69, 9.17) is 0 Å². The van der Waals surface area contributed by atoms with Crippen molar-refractivity contribution in [1.29, 1.82) is 0 Å². The summed E-state index contributed by atoms with van der Waals surface area (Å²) in [6.07, 6.45) is 2.41. The van der Waals surface area contributed by atoms with Gasteiger partial charge >= 0.3 is 0 Å². The lowest BCUT2D eigenvalue weighted by atomic mass is 9.99. The molecule has 118 valence electrons. The number of nitrogens with one attached hydrogen (secondary N) is 1. The Morgan fingerprint density at radius 3 is 2.71 bits per heavy atom. The third-order valence-electron chi connectivity index (χ3n) is 4.22. The molecular formula is C18H29NS2. The Morgan fingerprint density at radius 1 is 1.24 bits per heavy atom. The minimum Gasteiger partial charge on any atom is -0.309 e. The van der Waals surface area contributed by atoms with Crippen molar-refractivity contribution in [2.45, 2.75) is 62.3 Å². The molecule has 0 amide bonds. The van der Waals surface area contributed by atoms with Gasteiger partial charge in [-0.3, -0.25) is 0 Å². The Kier molecular flexibility index (Phi) is 6.97. The minimum atomic E-state index is 0.485. The van der Waals surface area contributed by atoms with Crippen LogP contribution in [0.15, 0.2) is 24.3 Å². The molecule has 1 heterocycles. The van der Waals surface area contributed by atoms with Gasteiger partial charge in [0.25, 0.3) is 0 Å². The Morgan fingerprint density at radius 2 is 2.05 bits per heavy atom. The van der Waals surface area contributed by atoms with E-state index in [0.717, 1.165) is 17.0 Å². The van der Waals surface area contributed by atoms with Crippen LogP contribution in [0.1, 0.15) is 51.3 Å². The van der Waals surface area contributed by atoms with Crippen LogP contribution in [0.25, 0.3) is 0 Å². The fraction of sp³-hybridized carbons (Fsp3) is 0.667. The highest BCUT2D eigenvalue weighted by molar-refractivity contribution is 8.07. The molecule has 1 aliphatic rings. The van der Waals surface area contributed by atoms with Gasteiger partial charge in [-0.25, -0.2) is 0 Å². The van der Waals surface area contributed by atoms with Crippen LogP contribution in [0.5, 0.6) is 0 Å². The van der Waals surface area contributed by atoms with Gasteiger partial charge in [-0.2, -0.15) is 23.5 Å². The van der Waals surface area contributed by atoms with E-state index >= 15 is 0 Å². The van der Waals surface area contributed by atoms with E-state index in [9.17, 15) is 0 Å². The lowest BCUT2D eigenvalue weighted by Gasteiger charge is -2.36. The quantitative estimate of drug-likeness (QED) is 0.798. The molecule has 0 saturated carbocycles. The molecule has 1 aromatic carbocycles. The molecule has 0 radical (unpaired) electrons. The lowest BCUT2D eigenvalue weighted by Crippen LogP contribution is -2.37. The molecule has 1 nitrogen and oxygen atoms in total. The molecule has 1 N–H and O–H groups in total. The Hall–Kier alpha value is -0.120. The molecule has 21 heavy (non-hydrogen) atoms. The van der Waals surface area contributed by atoms with Crippen LogP contribution in [0, 0.1) is 0 Å². The summed E-state index contributed by atoms with van der Waals surface area (Å²) in [5.41, 5.74) is 2.95. The predicted molar refractivity (Wildman–Crippen MR) is 99.6 cm³/mol. The number of rotatable bonds is 6. The maximum Gasteiger partial charge on any atom is 0.0448 e. The number of benzene rings is 1. The standard InChI is InChI=1S/C18H29NS2/c1-5-8-15-9-7-10-16(11-15)18(19-6-2)17-12-20-13(3)14(4)21-17/h7,9-11,13-14,17-19H,5-6,8,12H2,1-4H3. The Labute approximate surface area is 139 Å². The Bertz CT molecular complexity index is 435. The maximum absolute atomic E-state index is 3.74. The van der Waals surface area contributed by atoms with Crippen molar-refractivity contribution < 1.29 is 0 Å². The Balaban J connectivity index is 2.16. The first kappa shape index (κ1) is 17.2. The first-order valence-corrected chi connectivity index (χ1v) is 10.2. The van der Waals surface area contributed by atoms with Gasteiger partial charge in [0.1, 0.15) is 0 Å². The van der Waals surface area contributed by atoms with Gasteiger partial charge < -0.3 is 5.32 Å². The summed E-state index contributed by atoms with van der Waals surface area (Å²) in [5.74, 6) is 1.26. The second kappa shape index (κ2) is 8.50. The summed E-state index contributed by atoms with van der Waals surface area (Å²) in [7, 11) is 0. The van der Waals surface area contributed by atoms with Crippen molar-refractivity contribution in [1.82, 2.24) is 5.32 Å². The lowest BCUT2D eigenvalue weighted by molar-refractivity contribution is 0.547. The highest BCUT2D eigenvalue weighted by atomic mass is 32.2. The molecule has 2 rings (SSSR count). The van der Waals surface area contributed by atoms with E-state index in [1.54, 1.807) is 0 Å². The van der Waals surface area contributed by atoms with Crippen LogP contribution in [0.2, 0.25) is 0 Å². The van der Waals surface area contributed by atoms with Crippen molar-refractivity contribution >= 4 is 23.5 Å². The zero-order valence-corrected chi connectivity index (χ0v) is 15.4. The van der Waals surface area contributed by atoms with Crippen molar-refractivity contribution in [3.63, 3.8) is 0 Å². The van der Waals surface area contributed by atoms with E-state index in [2.05, 4.69) is 80.8 Å². The molecule has 1 fully saturated rings. The van der Waals surface area contributed by atoms with Gasteiger partial charge in [-0.1, -0.05) is 58.4 Å². The number of thioether (sulfide) groups is 2. The summed E-state index contributed by atoms with van der Waals surface area (Å²) in [4.78, 5) is 0. The van der Waals surface area contributed by atoms with Gasteiger partial charge in [0.05, 0.1) is 0 Å². The second-order valence-corrected chi connectivity index (χ2v) is 8.98. The van der Waals surface area contributed by atoms with Crippen LogP contribution in [-0.2, 0) is 6.42 Å². The number of hydrogen-bond donors (Lipinski definition) is 1. The summed E-state index contributed by atoms with van der Waals surface area (Å²) < 4.78 is 0. The average Bonchev–Trinajstić information content (AvgIpc) is 2.48. The van der Waals surface area contributed by atoms with E-state index in [1.165, 1.54) is 29.7 Å². The molecule has 4 unspecified atom stereocenters. The highest BCUT2D eigenvalue weighted by Gasteiger charge is 2.31. The van der Waals surface area contributed by atoms with Gasteiger partial charge in [0.2, 0.25) is 0 Å². The number of hydrogen-bond acceptors (Lipinski definition) is 3. The smallest absolute Gasteiger partial charge is 0.0448 e. The van der Waals surface area contributed by atoms with Crippen molar-refractivity contribution in [3.8, 4) is 0 Å². The van der Waals surface area contributed by atoms with E-state index in [-0.39, 0.29) is 0 Å². The second-order valence-electron chi connectivity index (χ2n) is 5.95. The van der Waals surface area contributed by atoms with Crippen molar-refractivity contribution in [3.05, 3.63) is 35.4 Å². The summed E-state index contributed by atoms with van der Waals surface area (Å²) in [5, 5.41) is 5.94. The van der Waals surface area contributed by atoms with Crippen LogP contribution in [-0.4, -0.2) is 28.0 Å².